The highest BCUT2D eigenvalue weighted by molar-refractivity contribution is 6.13. The summed E-state index contributed by atoms with van der Waals surface area (Å²) < 4.78 is 1.77. The first-order valence-electron chi connectivity index (χ1n) is 5.62. The Morgan fingerprint density at radius 1 is 1.25 bits per heavy atom. The summed E-state index contributed by atoms with van der Waals surface area (Å²) in [6.07, 6.45) is 1.63. The second-order valence-corrected chi connectivity index (χ2v) is 4.89. The molecule has 86 valence electrons. The van der Waals surface area contributed by atoms with Gasteiger partial charge in [-0.15, -0.1) is 0 Å². The normalized spacial score (nSPS) is 20.6. The molecule has 0 saturated carbocycles. The highest BCUT2D eigenvalue weighted by Crippen LogP contribution is 2.36. The molecule has 1 aromatic carbocycles. The lowest BCUT2D eigenvalue weighted by molar-refractivity contribution is -0.123. The highest BCUT2D eigenvalue weighted by Gasteiger charge is 2.39. The van der Waals surface area contributed by atoms with Crippen LogP contribution < -0.4 is 0 Å². The van der Waals surface area contributed by atoms with Crippen LogP contribution in [0.25, 0.3) is 0 Å². The predicted octanol–water partition coefficient (Wildman–Crippen LogP) is 2.76. The Kier molecular flexibility index (Phi) is 3.31. The Hall–Kier alpha value is -0.860. The molecule has 1 fully saturated rings. The number of nitrogens with zero attached hydrogens (tertiary/aromatic N) is 1. The molecular formula is C13H16ClNO. The fraction of sp³-hybridized carbons (Fsp3) is 0.462. The summed E-state index contributed by atoms with van der Waals surface area (Å²) >= 11 is 5.96. The summed E-state index contributed by atoms with van der Waals surface area (Å²) in [7, 11) is 0. The van der Waals surface area contributed by atoms with Crippen molar-refractivity contribution in [2.75, 3.05) is 13.1 Å². The zero-order chi connectivity index (χ0) is 11.6. The van der Waals surface area contributed by atoms with Crippen molar-refractivity contribution in [2.45, 2.75) is 25.2 Å². The summed E-state index contributed by atoms with van der Waals surface area (Å²) in [4.78, 5) is 12.0. The van der Waals surface area contributed by atoms with Crippen molar-refractivity contribution >= 4 is 17.6 Å². The van der Waals surface area contributed by atoms with Crippen molar-refractivity contribution in [3.63, 3.8) is 0 Å². The van der Waals surface area contributed by atoms with Gasteiger partial charge in [0, 0.05) is 13.1 Å². The number of piperidine rings is 1. The Labute approximate surface area is 101 Å². The topological polar surface area (TPSA) is 20.3 Å². The number of hydrogen-bond donors (Lipinski definition) is 0. The van der Waals surface area contributed by atoms with Crippen molar-refractivity contribution in [1.29, 1.82) is 0 Å². The minimum Gasteiger partial charge on any atom is -0.299 e. The highest BCUT2D eigenvalue weighted by atomic mass is 35.5. The number of benzene rings is 1. The molecule has 0 atom stereocenters. The second-order valence-electron chi connectivity index (χ2n) is 4.41. The molecule has 16 heavy (non-hydrogen) atoms. The summed E-state index contributed by atoms with van der Waals surface area (Å²) in [6.45, 7) is 3.24. The van der Waals surface area contributed by atoms with Gasteiger partial charge in [-0.3, -0.25) is 4.79 Å². The van der Waals surface area contributed by atoms with Crippen LogP contribution in [0.3, 0.4) is 0 Å². The van der Waals surface area contributed by atoms with Crippen LogP contribution in [0.4, 0.5) is 0 Å². The third-order valence-corrected chi connectivity index (χ3v) is 3.90. The maximum atomic E-state index is 12.0. The molecule has 0 N–H and O–H groups in total. The summed E-state index contributed by atoms with van der Waals surface area (Å²) in [5, 5.41) is 0. The van der Waals surface area contributed by atoms with E-state index in [4.69, 9.17) is 11.8 Å². The average molecular weight is 238 g/mol. The van der Waals surface area contributed by atoms with Gasteiger partial charge in [-0.25, -0.2) is 4.42 Å². The van der Waals surface area contributed by atoms with Gasteiger partial charge in [0.25, 0.3) is 0 Å². The van der Waals surface area contributed by atoms with Gasteiger partial charge in [0.1, 0.15) is 5.78 Å². The van der Waals surface area contributed by atoms with E-state index >= 15 is 0 Å². The van der Waals surface area contributed by atoms with E-state index in [2.05, 4.69) is 0 Å². The molecule has 1 aliphatic rings. The largest absolute Gasteiger partial charge is 0.299 e. The van der Waals surface area contributed by atoms with Crippen LogP contribution in [0.1, 0.15) is 25.3 Å². The number of Topliss-reactive ketones (excluding diaryl/α,β-unsaturated/α-hetero) is 1. The Morgan fingerprint density at radius 2 is 1.81 bits per heavy atom. The van der Waals surface area contributed by atoms with E-state index in [-0.39, 0.29) is 11.2 Å². The maximum absolute atomic E-state index is 12.0. The molecule has 1 aromatic rings. The van der Waals surface area contributed by atoms with Crippen molar-refractivity contribution < 1.29 is 4.79 Å². The fourth-order valence-corrected chi connectivity index (χ4v) is 2.63. The van der Waals surface area contributed by atoms with Crippen LogP contribution in [-0.2, 0) is 10.2 Å². The fourth-order valence-electron chi connectivity index (χ4n) is 2.46. The molecule has 1 saturated heterocycles. The molecule has 0 spiro atoms. The first-order valence-corrected chi connectivity index (χ1v) is 5.96. The van der Waals surface area contributed by atoms with Gasteiger partial charge in [-0.2, -0.15) is 0 Å². The number of hydrogen-bond acceptors (Lipinski definition) is 2. The molecule has 0 radical (unpaired) electrons. The molecule has 1 heterocycles. The number of halogens is 1. The second kappa shape index (κ2) is 4.56. The van der Waals surface area contributed by atoms with Gasteiger partial charge in [0.2, 0.25) is 0 Å². The van der Waals surface area contributed by atoms with Crippen LogP contribution in [-0.4, -0.2) is 23.3 Å². The standard InChI is InChI=1S/C13H16ClNO/c1-11(16)13(7-9-15(14)10-8-13)12-5-3-2-4-6-12/h2-6H,7-10H2,1H3. The zero-order valence-electron chi connectivity index (χ0n) is 9.45. The Bertz CT molecular complexity index is 369. The van der Waals surface area contributed by atoms with Gasteiger partial charge < -0.3 is 0 Å². The maximum Gasteiger partial charge on any atom is 0.140 e. The van der Waals surface area contributed by atoms with Crippen LogP contribution in [0, 0.1) is 0 Å². The lowest BCUT2D eigenvalue weighted by Gasteiger charge is -2.38. The predicted molar refractivity (Wildman–Crippen MR) is 65.5 cm³/mol. The summed E-state index contributed by atoms with van der Waals surface area (Å²) in [5.41, 5.74) is 0.819. The number of carbonyl (C=O) groups is 1. The van der Waals surface area contributed by atoms with Gasteiger partial charge in [-0.1, -0.05) is 30.3 Å². The number of carbonyl (C=O) groups excluding carboxylic acids is 1. The molecule has 2 nitrogen and oxygen atoms in total. The Balaban J connectivity index is 2.34. The van der Waals surface area contributed by atoms with E-state index in [1.807, 2.05) is 30.3 Å². The van der Waals surface area contributed by atoms with Crippen molar-refractivity contribution in [3.8, 4) is 0 Å². The van der Waals surface area contributed by atoms with E-state index in [9.17, 15) is 4.79 Å². The monoisotopic (exact) mass is 237 g/mol. The van der Waals surface area contributed by atoms with E-state index in [0.29, 0.717) is 0 Å². The molecule has 0 amide bonds. The number of rotatable bonds is 2. The molecule has 0 unspecified atom stereocenters. The Morgan fingerprint density at radius 3 is 2.31 bits per heavy atom. The third-order valence-electron chi connectivity index (χ3n) is 3.56. The smallest absolute Gasteiger partial charge is 0.140 e. The summed E-state index contributed by atoms with van der Waals surface area (Å²) in [5.74, 6) is 0.253. The molecule has 2 rings (SSSR count). The first-order chi connectivity index (χ1) is 7.65. The molecule has 1 aliphatic heterocycles. The minimum atomic E-state index is -0.313. The van der Waals surface area contributed by atoms with Crippen LogP contribution >= 0.6 is 11.8 Å². The van der Waals surface area contributed by atoms with Crippen molar-refractivity contribution in [2.24, 2.45) is 0 Å². The van der Waals surface area contributed by atoms with Crippen LogP contribution in [0.2, 0.25) is 0 Å². The van der Waals surface area contributed by atoms with E-state index in [1.54, 1.807) is 11.3 Å². The van der Waals surface area contributed by atoms with Gasteiger partial charge in [0.05, 0.1) is 5.41 Å². The average Bonchev–Trinajstić information content (AvgIpc) is 2.31. The molecule has 0 aromatic heterocycles. The van der Waals surface area contributed by atoms with Gasteiger partial charge in [0.15, 0.2) is 0 Å². The van der Waals surface area contributed by atoms with E-state index in [1.165, 1.54) is 0 Å². The van der Waals surface area contributed by atoms with Crippen LogP contribution in [0.5, 0.6) is 0 Å². The quantitative estimate of drug-likeness (QED) is 0.738. The van der Waals surface area contributed by atoms with E-state index in [0.717, 1.165) is 31.5 Å². The zero-order valence-corrected chi connectivity index (χ0v) is 10.2. The van der Waals surface area contributed by atoms with Crippen molar-refractivity contribution in [3.05, 3.63) is 35.9 Å². The van der Waals surface area contributed by atoms with Crippen molar-refractivity contribution in [1.82, 2.24) is 4.42 Å². The third kappa shape index (κ3) is 2.00. The van der Waals surface area contributed by atoms with Crippen LogP contribution in [0.15, 0.2) is 30.3 Å². The molecule has 3 heteroatoms. The lowest BCUT2D eigenvalue weighted by Crippen LogP contribution is -2.43. The van der Waals surface area contributed by atoms with E-state index < -0.39 is 0 Å². The van der Waals surface area contributed by atoms with Gasteiger partial charge in [-0.05, 0) is 37.1 Å². The first kappa shape index (κ1) is 11.6. The molecule has 0 bridgehead atoms. The number of ketones is 1. The SMILES string of the molecule is CC(=O)C1(c2ccccc2)CCN(Cl)CC1. The molecule has 0 aliphatic carbocycles. The van der Waals surface area contributed by atoms with Gasteiger partial charge >= 0.3 is 0 Å². The lowest BCUT2D eigenvalue weighted by atomic mass is 9.70. The molecular weight excluding hydrogens is 222 g/mol. The minimum absolute atomic E-state index is 0.253. The summed E-state index contributed by atoms with van der Waals surface area (Å²) in [6, 6.07) is 10.1.